The van der Waals surface area contributed by atoms with Gasteiger partial charge in [-0.05, 0) is 36.5 Å². The molecule has 1 unspecified atom stereocenters. The molecule has 0 aromatic heterocycles. The van der Waals surface area contributed by atoms with Crippen molar-refractivity contribution in [3.05, 3.63) is 34.9 Å². The lowest BCUT2D eigenvalue weighted by Gasteiger charge is -2.23. The van der Waals surface area contributed by atoms with Crippen LogP contribution in [-0.4, -0.2) is 76.9 Å². The zero-order chi connectivity index (χ0) is 29.0. The monoisotopic (exact) mass is 554 g/mol. The number of aryl methyl sites for hydroxylation is 1. The van der Waals surface area contributed by atoms with Gasteiger partial charge in [0.1, 0.15) is 17.8 Å². The Morgan fingerprint density at radius 3 is 2.75 bits per heavy atom. The lowest BCUT2D eigenvalue weighted by molar-refractivity contribution is -0.135. The molecule has 3 aliphatic heterocycles. The third kappa shape index (κ3) is 6.97. The zero-order valence-corrected chi connectivity index (χ0v) is 23.5. The van der Waals surface area contributed by atoms with Gasteiger partial charge < -0.3 is 25.8 Å². The highest BCUT2D eigenvalue weighted by Crippen LogP contribution is 2.33. The fourth-order valence-electron chi connectivity index (χ4n) is 5.81. The molecule has 2 saturated heterocycles. The van der Waals surface area contributed by atoms with Crippen LogP contribution in [0.2, 0.25) is 0 Å². The Labute approximate surface area is 234 Å². The minimum Gasteiger partial charge on any atom is -0.355 e. The normalized spacial score (nSPS) is 25.6. The van der Waals surface area contributed by atoms with Gasteiger partial charge in [-0.2, -0.15) is 5.26 Å². The molecule has 3 aliphatic rings. The van der Waals surface area contributed by atoms with Crippen LogP contribution in [-0.2, 0) is 38.7 Å². The third-order valence-electron chi connectivity index (χ3n) is 7.91. The van der Waals surface area contributed by atoms with Crippen molar-refractivity contribution in [1.82, 2.24) is 25.8 Å². The lowest BCUT2D eigenvalue weighted by atomic mass is 9.99. The van der Waals surface area contributed by atoms with Crippen molar-refractivity contribution >= 4 is 23.6 Å². The predicted molar refractivity (Wildman–Crippen MR) is 145 cm³/mol. The number of carbonyl (C=O) groups is 4. The quantitative estimate of drug-likeness (QED) is 0.374. The zero-order valence-electron chi connectivity index (χ0n) is 23.5. The molecule has 3 N–H and O–H groups in total. The molecule has 4 rings (SSSR count). The van der Waals surface area contributed by atoms with E-state index in [1.54, 1.807) is 4.90 Å². The first-order valence-corrected chi connectivity index (χ1v) is 14.0. The number of hydrogen-bond donors (Lipinski definition) is 3. The topological polar surface area (TPSA) is 135 Å². The molecule has 11 heteroatoms. The largest absolute Gasteiger partial charge is 0.355 e. The van der Waals surface area contributed by atoms with E-state index < -0.39 is 29.6 Å². The molecule has 216 valence electrons. The lowest BCUT2D eigenvalue weighted by Crippen LogP contribution is -2.46. The van der Waals surface area contributed by atoms with Gasteiger partial charge in [-0.25, -0.2) is 4.39 Å². The number of nitriles is 1. The second kappa shape index (κ2) is 12.3. The first kappa shape index (κ1) is 29.5. The van der Waals surface area contributed by atoms with Gasteiger partial charge in [0.15, 0.2) is 0 Å². The molecule has 0 aliphatic carbocycles. The summed E-state index contributed by atoms with van der Waals surface area (Å²) in [6, 6.07) is 6.49. The minimum atomic E-state index is -1.65. The predicted octanol–water partition coefficient (Wildman–Crippen LogP) is 1.32. The van der Waals surface area contributed by atoms with E-state index in [2.05, 4.69) is 29.8 Å². The number of nitrogens with one attached hydrogen (secondary N) is 3. The van der Waals surface area contributed by atoms with E-state index in [1.807, 2.05) is 24.3 Å². The fourth-order valence-corrected chi connectivity index (χ4v) is 5.81. The number of amides is 4. The van der Waals surface area contributed by atoms with E-state index >= 15 is 0 Å². The summed E-state index contributed by atoms with van der Waals surface area (Å²) in [7, 11) is 0. The van der Waals surface area contributed by atoms with Gasteiger partial charge in [0.25, 0.3) is 0 Å². The number of alkyl halides is 1. The molecule has 4 amide bonds. The molecule has 4 atom stereocenters. The summed E-state index contributed by atoms with van der Waals surface area (Å²) in [6.07, 6.45) is 0.968. The number of hydrogen-bond acceptors (Lipinski definition) is 6. The van der Waals surface area contributed by atoms with Crippen LogP contribution in [0, 0.1) is 17.2 Å². The SMILES string of the molecule is CC(C)NCCNC(=O)CCc1cccc2c1CN(C(=O)C[C@@H]1C[C@@H](C(=O)N3CC(C)(F)C[C@H]3C#N)NC1=O)C2. The fraction of sp³-hybridized carbons (Fsp3) is 0.621. The highest BCUT2D eigenvalue weighted by Gasteiger charge is 2.47. The third-order valence-corrected chi connectivity index (χ3v) is 7.91. The molecule has 10 nitrogen and oxygen atoms in total. The summed E-state index contributed by atoms with van der Waals surface area (Å²) in [6.45, 7) is 7.40. The van der Waals surface area contributed by atoms with Crippen LogP contribution >= 0.6 is 0 Å². The van der Waals surface area contributed by atoms with E-state index in [4.69, 9.17) is 0 Å². The second-order valence-electron chi connectivity index (χ2n) is 11.7. The summed E-state index contributed by atoms with van der Waals surface area (Å²) < 4.78 is 14.5. The summed E-state index contributed by atoms with van der Waals surface area (Å²) in [5.41, 5.74) is 1.46. The van der Waals surface area contributed by atoms with Gasteiger partial charge in [-0.15, -0.1) is 0 Å². The molecule has 3 heterocycles. The number of nitrogens with zero attached hydrogens (tertiary/aromatic N) is 3. The Hall–Kier alpha value is -3.52. The maximum Gasteiger partial charge on any atom is 0.246 e. The Balaban J connectivity index is 1.28. The second-order valence-corrected chi connectivity index (χ2v) is 11.7. The Kier molecular flexibility index (Phi) is 9.08. The van der Waals surface area contributed by atoms with Crippen molar-refractivity contribution in [2.45, 2.75) is 89.8 Å². The van der Waals surface area contributed by atoms with Crippen molar-refractivity contribution in [2.75, 3.05) is 19.6 Å². The number of fused-ring (bicyclic) bond motifs is 1. The smallest absolute Gasteiger partial charge is 0.246 e. The number of rotatable bonds is 10. The molecule has 40 heavy (non-hydrogen) atoms. The maximum absolute atomic E-state index is 14.5. The van der Waals surface area contributed by atoms with Crippen molar-refractivity contribution < 1.29 is 23.6 Å². The standard InChI is InChI=1S/C29H39FN6O4/c1-18(2)32-9-10-33-25(37)8-7-19-5-4-6-20-15-35(16-23(19)20)26(38)12-21-11-24(34-27(21)39)28(40)36-17-29(3,30)13-22(36)14-31/h4-6,18,21-22,24,32H,7-13,15-17H2,1-3H3,(H,33,37)(H,34,39)/t21-,22-,24-,29?/m0/s1. The van der Waals surface area contributed by atoms with Gasteiger partial charge in [-0.1, -0.05) is 32.0 Å². The van der Waals surface area contributed by atoms with Crippen LogP contribution < -0.4 is 16.0 Å². The molecule has 0 bridgehead atoms. The van der Waals surface area contributed by atoms with Crippen molar-refractivity contribution in [3.63, 3.8) is 0 Å². The molecule has 2 fully saturated rings. The number of carbonyl (C=O) groups excluding carboxylic acids is 4. The van der Waals surface area contributed by atoms with Crippen LogP contribution in [0.25, 0.3) is 0 Å². The van der Waals surface area contributed by atoms with Crippen molar-refractivity contribution in [1.29, 1.82) is 5.26 Å². The Morgan fingerprint density at radius 2 is 2.02 bits per heavy atom. The molecule has 0 spiro atoms. The van der Waals surface area contributed by atoms with E-state index in [0.29, 0.717) is 45.1 Å². The minimum absolute atomic E-state index is 0.0170. The molecule has 0 saturated carbocycles. The van der Waals surface area contributed by atoms with Gasteiger partial charge in [0.05, 0.1) is 12.6 Å². The summed E-state index contributed by atoms with van der Waals surface area (Å²) in [5, 5.41) is 18.2. The molecule has 0 radical (unpaired) electrons. The summed E-state index contributed by atoms with van der Waals surface area (Å²) in [5.74, 6) is -1.72. The van der Waals surface area contributed by atoms with Gasteiger partial charge in [0.2, 0.25) is 23.6 Å². The number of halogens is 1. The van der Waals surface area contributed by atoms with Crippen LogP contribution in [0.1, 0.15) is 63.1 Å². The number of likely N-dealkylation sites (tertiary alicyclic amines) is 1. The Morgan fingerprint density at radius 1 is 1.25 bits per heavy atom. The van der Waals surface area contributed by atoms with Gasteiger partial charge in [-0.3, -0.25) is 19.2 Å². The van der Waals surface area contributed by atoms with E-state index in [9.17, 15) is 28.8 Å². The van der Waals surface area contributed by atoms with Crippen LogP contribution in [0.5, 0.6) is 0 Å². The molecular weight excluding hydrogens is 515 g/mol. The first-order valence-electron chi connectivity index (χ1n) is 14.0. The van der Waals surface area contributed by atoms with Crippen LogP contribution in [0.3, 0.4) is 0 Å². The summed E-state index contributed by atoms with van der Waals surface area (Å²) >= 11 is 0. The van der Waals surface area contributed by atoms with Crippen molar-refractivity contribution in [2.24, 2.45) is 5.92 Å². The highest BCUT2D eigenvalue weighted by atomic mass is 19.1. The highest BCUT2D eigenvalue weighted by molar-refractivity contribution is 5.94. The van der Waals surface area contributed by atoms with Gasteiger partial charge in [0, 0.05) is 57.4 Å². The van der Waals surface area contributed by atoms with Crippen LogP contribution in [0.4, 0.5) is 4.39 Å². The average molecular weight is 555 g/mol. The average Bonchev–Trinajstić information content (AvgIpc) is 3.59. The van der Waals surface area contributed by atoms with E-state index in [0.717, 1.165) is 16.7 Å². The van der Waals surface area contributed by atoms with Gasteiger partial charge >= 0.3 is 0 Å². The molecule has 1 aromatic carbocycles. The van der Waals surface area contributed by atoms with E-state index in [-0.39, 0.29) is 43.5 Å². The number of benzene rings is 1. The van der Waals surface area contributed by atoms with Crippen molar-refractivity contribution in [3.8, 4) is 6.07 Å². The maximum atomic E-state index is 14.5. The molecular formula is C29H39FN6O4. The summed E-state index contributed by atoms with van der Waals surface area (Å²) in [4.78, 5) is 54.0. The Bertz CT molecular complexity index is 1200. The first-order chi connectivity index (χ1) is 19.0. The van der Waals surface area contributed by atoms with Crippen LogP contribution in [0.15, 0.2) is 18.2 Å². The molecule has 1 aromatic rings. The van der Waals surface area contributed by atoms with E-state index in [1.165, 1.54) is 11.8 Å².